The second-order valence-electron chi connectivity index (χ2n) is 6.75. The van der Waals surface area contributed by atoms with E-state index in [2.05, 4.69) is 10.6 Å². The number of thioether (sulfide) groups is 1. The molecule has 1 saturated heterocycles. The van der Waals surface area contributed by atoms with Gasteiger partial charge in [-0.2, -0.15) is 0 Å². The molecule has 152 valence electrons. The van der Waals surface area contributed by atoms with Crippen molar-refractivity contribution >= 4 is 29.5 Å². The second-order valence-corrected chi connectivity index (χ2v) is 7.77. The summed E-state index contributed by atoms with van der Waals surface area (Å²) in [6.45, 7) is 2.32. The van der Waals surface area contributed by atoms with Crippen LogP contribution in [0.4, 0.5) is 0 Å². The lowest BCUT2D eigenvalue weighted by molar-refractivity contribution is -0.127. The Labute approximate surface area is 175 Å². The molecule has 1 aliphatic rings. The van der Waals surface area contributed by atoms with Gasteiger partial charge in [-0.15, -0.1) is 11.8 Å². The summed E-state index contributed by atoms with van der Waals surface area (Å²) in [6, 6.07) is 16.2. The molecule has 0 saturated carbocycles. The Morgan fingerprint density at radius 2 is 1.45 bits per heavy atom. The van der Waals surface area contributed by atoms with E-state index in [9.17, 15) is 14.4 Å². The molecular formula is C22H25N3O3S. The molecule has 0 radical (unpaired) electrons. The van der Waals surface area contributed by atoms with E-state index in [-0.39, 0.29) is 17.7 Å². The van der Waals surface area contributed by atoms with E-state index in [0.29, 0.717) is 30.0 Å². The van der Waals surface area contributed by atoms with Crippen LogP contribution in [0.15, 0.2) is 59.5 Å². The molecule has 0 aliphatic carbocycles. The van der Waals surface area contributed by atoms with Crippen LogP contribution < -0.4 is 10.6 Å². The van der Waals surface area contributed by atoms with Crippen molar-refractivity contribution < 1.29 is 14.4 Å². The van der Waals surface area contributed by atoms with Crippen molar-refractivity contribution in [2.45, 2.75) is 17.7 Å². The summed E-state index contributed by atoms with van der Waals surface area (Å²) < 4.78 is 0. The molecule has 2 aromatic rings. The maximum atomic E-state index is 12.5. The molecular weight excluding hydrogens is 386 g/mol. The van der Waals surface area contributed by atoms with Crippen LogP contribution in [0.3, 0.4) is 0 Å². The molecule has 6 nitrogen and oxygen atoms in total. The highest BCUT2D eigenvalue weighted by Crippen LogP contribution is 2.23. The first-order chi connectivity index (χ1) is 14.1. The molecule has 2 aromatic carbocycles. The third kappa shape index (κ3) is 6.09. The average Bonchev–Trinajstić information content (AvgIpc) is 3.30. The van der Waals surface area contributed by atoms with Gasteiger partial charge in [0.15, 0.2) is 0 Å². The molecule has 7 heteroatoms. The van der Waals surface area contributed by atoms with E-state index < -0.39 is 0 Å². The van der Waals surface area contributed by atoms with Gasteiger partial charge >= 0.3 is 0 Å². The third-order valence-electron chi connectivity index (χ3n) is 4.67. The predicted octanol–water partition coefficient (Wildman–Crippen LogP) is 2.56. The van der Waals surface area contributed by atoms with Gasteiger partial charge in [-0.3, -0.25) is 14.4 Å². The van der Waals surface area contributed by atoms with E-state index in [1.807, 2.05) is 23.1 Å². The first-order valence-corrected chi connectivity index (χ1v) is 10.7. The zero-order valence-corrected chi connectivity index (χ0v) is 17.0. The van der Waals surface area contributed by atoms with Crippen LogP contribution in [-0.2, 0) is 4.79 Å². The molecule has 2 N–H and O–H groups in total. The second kappa shape index (κ2) is 10.7. The molecule has 1 fully saturated rings. The fourth-order valence-electron chi connectivity index (χ4n) is 3.12. The molecule has 3 amide bonds. The van der Waals surface area contributed by atoms with Crippen molar-refractivity contribution in [3.05, 3.63) is 65.7 Å². The number of nitrogens with zero attached hydrogens (tertiary/aromatic N) is 1. The Kier molecular flexibility index (Phi) is 7.69. The number of hydrogen-bond donors (Lipinski definition) is 2. The van der Waals surface area contributed by atoms with Crippen molar-refractivity contribution in [1.29, 1.82) is 0 Å². The van der Waals surface area contributed by atoms with Crippen molar-refractivity contribution in [2.75, 3.05) is 31.9 Å². The standard InChI is InChI=1S/C22H25N3O3S/c26-20(25-14-6-7-15-25)16-29-19-11-5-4-10-18(19)22(28)24-13-12-23-21(27)17-8-2-1-3-9-17/h1-5,8-11H,6-7,12-16H2,(H,23,27)(H,24,28). The van der Waals surface area contributed by atoms with Gasteiger partial charge in [0.05, 0.1) is 11.3 Å². The number of hydrogen-bond acceptors (Lipinski definition) is 4. The highest BCUT2D eigenvalue weighted by atomic mass is 32.2. The lowest BCUT2D eigenvalue weighted by atomic mass is 10.2. The van der Waals surface area contributed by atoms with Crippen LogP contribution in [0, 0.1) is 0 Å². The summed E-state index contributed by atoms with van der Waals surface area (Å²) >= 11 is 1.39. The summed E-state index contributed by atoms with van der Waals surface area (Å²) in [6.07, 6.45) is 2.13. The van der Waals surface area contributed by atoms with E-state index in [1.165, 1.54) is 11.8 Å². The number of carbonyl (C=O) groups excluding carboxylic acids is 3. The summed E-state index contributed by atoms with van der Waals surface area (Å²) in [5, 5.41) is 5.61. The fraction of sp³-hybridized carbons (Fsp3) is 0.318. The Morgan fingerprint density at radius 3 is 2.17 bits per heavy atom. The zero-order chi connectivity index (χ0) is 20.5. The van der Waals surface area contributed by atoms with Crippen LogP contribution in [0.1, 0.15) is 33.6 Å². The molecule has 3 rings (SSSR count). The molecule has 1 heterocycles. The Morgan fingerprint density at radius 1 is 0.828 bits per heavy atom. The number of nitrogens with one attached hydrogen (secondary N) is 2. The van der Waals surface area contributed by atoms with Gasteiger partial charge < -0.3 is 15.5 Å². The molecule has 0 atom stereocenters. The van der Waals surface area contributed by atoms with Gasteiger partial charge in [-0.25, -0.2) is 0 Å². The lowest BCUT2D eigenvalue weighted by Gasteiger charge is -2.15. The topological polar surface area (TPSA) is 78.5 Å². The number of benzene rings is 2. The SMILES string of the molecule is O=C(NCCNC(=O)c1ccccc1SCC(=O)N1CCCC1)c1ccccc1. The largest absolute Gasteiger partial charge is 0.350 e. The number of likely N-dealkylation sites (tertiary alicyclic amines) is 1. The van der Waals surface area contributed by atoms with Crippen molar-refractivity contribution in [2.24, 2.45) is 0 Å². The van der Waals surface area contributed by atoms with Crippen molar-refractivity contribution in [1.82, 2.24) is 15.5 Å². The average molecular weight is 412 g/mol. The Balaban J connectivity index is 1.46. The minimum Gasteiger partial charge on any atom is -0.350 e. The monoisotopic (exact) mass is 411 g/mol. The minimum atomic E-state index is -0.212. The van der Waals surface area contributed by atoms with Crippen LogP contribution in [0.2, 0.25) is 0 Å². The predicted molar refractivity (Wildman–Crippen MR) is 114 cm³/mol. The first-order valence-electron chi connectivity index (χ1n) is 9.76. The first kappa shape index (κ1) is 20.9. The Hall–Kier alpha value is -2.80. The van der Waals surface area contributed by atoms with Crippen LogP contribution in [0.5, 0.6) is 0 Å². The van der Waals surface area contributed by atoms with Gasteiger partial charge in [-0.05, 0) is 37.1 Å². The van der Waals surface area contributed by atoms with Crippen molar-refractivity contribution in [3.63, 3.8) is 0 Å². The summed E-state index contributed by atoms with van der Waals surface area (Å²) in [4.78, 5) is 39.5. The van der Waals surface area contributed by atoms with E-state index in [4.69, 9.17) is 0 Å². The summed E-state index contributed by atoms with van der Waals surface area (Å²) in [5.74, 6) is 0.0653. The highest BCUT2D eigenvalue weighted by Gasteiger charge is 2.19. The van der Waals surface area contributed by atoms with E-state index >= 15 is 0 Å². The maximum Gasteiger partial charge on any atom is 0.252 e. The molecule has 0 bridgehead atoms. The minimum absolute atomic E-state index is 0.117. The highest BCUT2D eigenvalue weighted by molar-refractivity contribution is 8.00. The smallest absolute Gasteiger partial charge is 0.252 e. The number of rotatable bonds is 8. The van der Waals surface area contributed by atoms with Gasteiger partial charge in [-0.1, -0.05) is 30.3 Å². The summed E-state index contributed by atoms with van der Waals surface area (Å²) in [5.41, 5.74) is 1.13. The molecule has 1 aliphatic heterocycles. The van der Waals surface area contributed by atoms with Gasteiger partial charge in [0.25, 0.3) is 11.8 Å². The van der Waals surface area contributed by atoms with Crippen LogP contribution in [0.25, 0.3) is 0 Å². The van der Waals surface area contributed by atoms with Crippen LogP contribution >= 0.6 is 11.8 Å². The number of amides is 3. The third-order valence-corrected chi connectivity index (χ3v) is 5.73. The normalized spacial score (nSPS) is 13.2. The molecule has 29 heavy (non-hydrogen) atoms. The molecule has 0 unspecified atom stereocenters. The fourth-order valence-corrected chi connectivity index (χ4v) is 4.07. The van der Waals surface area contributed by atoms with Crippen LogP contribution in [-0.4, -0.2) is 54.6 Å². The van der Waals surface area contributed by atoms with E-state index in [1.54, 1.807) is 36.4 Å². The lowest BCUT2D eigenvalue weighted by Crippen LogP contribution is -2.34. The maximum absolute atomic E-state index is 12.5. The van der Waals surface area contributed by atoms with Gasteiger partial charge in [0, 0.05) is 36.6 Å². The van der Waals surface area contributed by atoms with Gasteiger partial charge in [0.2, 0.25) is 5.91 Å². The van der Waals surface area contributed by atoms with Gasteiger partial charge in [0.1, 0.15) is 0 Å². The quantitative estimate of drug-likeness (QED) is 0.517. The zero-order valence-electron chi connectivity index (χ0n) is 16.2. The summed E-state index contributed by atoms with van der Waals surface area (Å²) in [7, 11) is 0. The molecule has 0 spiro atoms. The molecule has 0 aromatic heterocycles. The number of carbonyl (C=O) groups is 3. The van der Waals surface area contributed by atoms with E-state index in [0.717, 1.165) is 30.8 Å². The van der Waals surface area contributed by atoms with Crippen molar-refractivity contribution in [3.8, 4) is 0 Å². The Bertz CT molecular complexity index is 851.